The third-order valence-electron chi connectivity index (χ3n) is 3.82. The molecule has 4 heteroatoms. The second-order valence-electron chi connectivity index (χ2n) is 5.15. The van der Waals surface area contributed by atoms with E-state index in [-0.39, 0.29) is 5.56 Å². The first-order chi connectivity index (χ1) is 9.20. The van der Waals surface area contributed by atoms with Crippen molar-refractivity contribution in [3.63, 3.8) is 0 Å². The van der Waals surface area contributed by atoms with Gasteiger partial charge in [-0.1, -0.05) is 6.42 Å². The zero-order valence-electron chi connectivity index (χ0n) is 11.3. The summed E-state index contributed by atoms with van der Waals surface area (Å²) in [6.07, 6.45) is 4.94. The predicted molar refractivity (Wildman–Crippen MR) is 74.5 cm³/mol. The van der Waals surface area contributed by atoms with Crippen LogP contribution in [-0.2, 0) is 0 Å². The van der Waals surface area contributed by atoms with Gasteiger partial charge < -0.3 is 10.2 Å². The van der Waals surface area contributed by atoms with E-state index in [0.29, 0.717) is 6.04 Å². The van der Waals surface area contributed by atoms with E-state index in [0.717, 1.165) is 18.7 Å². The normalized spacial score (nSPS) is 19.9. The van der Waals surface area contributed by atoms with Gasteiger partial charge in [0.15, 0.2) is 0 Å². The van der Waals surface area contributed by atoms with Gasteiger partial charge in [0.05, 0.1) is 5.56 Å². The summed E-state index contributed by atoms with van der Waals surface area (Å²) in [7, 11) is 2.18. The van der Waals surface area contributed by atoms with E-state index in [2.05, 4.69) is 17.3 Å². The topological polar surface area (TPSA) is 39.1 Å². The average Bonchev–Trinajstić information content (AvgIpc) is 2.43. The molecule has 0 aliphatic carbocycles. The number of halogens is 1. The Hall–Kier alpha value is -1.60. The van der Waals surface area contributed by atoms with Crippen LogP contribution < -0.4 is 5.32 Å². The Balaban J connectivity index is 1.84. The van der Waals surface area contributed by atoms with Gasteiger partial charge in [-0.25, -0.2) is 4.39 Å². The van der Waals surface area contributed by atoms with Crippen LogP contribution in [0, 0.1) is 17.1 Å². The van der Waals surface area contributed by atoms with E-state index in [9.17, 15) is 4.39 Å². The Bertz CT molecular complexity index is 467. The number of hydrogen-bond acceptors (Lipinski definition) is 3. The molecule has 0 radical (unpaired) electrons. The van der Waals surface area contributed by atoms with Crippen molar-refractivity contribution in [3.05, 3.63) is 29.6 Å². The van der Waals surface area contributed by atoms with Gasteiger partial charge in [0.1, 0.15) is 11.9 Å². The Labute approximate surface area is 114 Å². The molecule has 1 unspecified atom stereocenters. The number of nitriles is 1. The van der Waals surface area contributed by atoms with Crippen LogP contribution in [0.3, 0.4) is 0 Å². The molecule has 0 bridgehead atoms. The highest BCUT2D eigenvalue weighted by molar-refractivity contribution is 5.49. The molecule has 1 aromatic rings. The van der Waals surface area contributed by atoms with Gasteiger partial charge in [0.2, 0.25) is 0 Å². The third-order valence-corrected chi connectivity index (χ3v) is 3.82. The lowest BCUT2D eigenvalue weighted by Crippen LogP contribution is -2.37. The number of rotatable bonds is 4. The highest BCUT2D eigenvalue weighted by Crippen LogP contribution is 2.18. The molecule has 19 heavy (non-hydrogen) atoms. The Kier molecular flexibility index (Phi) is 4.75. The predicted octanol–water partition coefficient (Wildman–Crippen LogP) is 2.98. The van der Waals surface area contributed by atoms with Crippen molar-refractivity contribution < 1.29 is 4.39 Å². The van der Waals surface area contributed by atoms with Gasteiger partial charge in [-0.05, 0) is 51.1 Å². The number of likely N-dealkylation sites (tertiary alicyclic amines) is 1. The third kappa shape index (κ3) is 3.68. The summed E-state index contributed by atoms with van der Waals surface area (Å²) in [5.41, 5.74) is 0.913. The van der Waals surface area contributed by atoms with E-state index in [1.165, 1.54) is 31.9 Å². The maximum atomic E-state index is 13.2. The zero-order chi connectivity index (χ0) is 13.7. The fourth-order valence-electron chi connectivity index (χ4n) is 2.61. The molecule has 1 N–H and O–H groups in total. The van der Waals surface area contributed by atoms with Crippen molar-refractivity contribution in [2.45, 2.75) is 31.7 Å². The summed E-state index contributed by atoms with van der Waals surface area (Å²) < 4.78 is 13.2. The largest absolute Gasteiger partial charge is 0.385 e. The van der Waals surface area contributed by atoms with E-state index in [1.54, 1.807) is 12.1 Å². The maximum absolute atomic E-state index is 13.2. The minimum atomic E-state index is -0.458. The second-order valence-corrected chi connectivity index (χ2v) is 5.15. The summed E-state index contributed by atoms with van der Waals surface area (Å²) in [4.78, 5) is 2.41. The van der Waals surface area contributed by atoms with Crippen molar-refractivity contribution in [1.82, 2.24) is 4.90 Å². The van der Waals surface area contributed by atoms with Crippen LogP contribution >= 0.6 is 0 Å². The zero-order valence-corrected chi connectivity index (χ0v) is 11.3. The average molecular weight is 261 g/mol. The second kappa shape index (κ2) is 6.53. The van der Waals surface area contributed by atoms with E-state index >= 15 is 0 Å². The molecule has 0 saturated carbocycles. The first kappa shape index (κ1) is 13.8. The summed E-state index contributed by atoms with van der Waals surface area (Å²) in [5.74, 6) is -0.458. The minimum Gasteiger partial charge on any atom is -0.385 e. The number of benzene rings is 1. The van der Waals surface area contributed by atoms with Crippen molar-refractivity contribution in [2.75, 3.05) is 25.5 Å². The maximum Gasteiger partial charge on any atom is 0.141 e. The smallest absolute Gasteiger partial charge is 0.141 e. The lowest BCUT2D eigenvalue weighted by atomic mass is 10.0. The number of nitrogens with one attached hydrogen (secondary N) is 1. The van der Waals surface area contributed by atoms with Crippen LogP contribution in [-0.4, -0.2) is 31.1 Å². The molecule has 0 aromatic heterocycles. The minimum absolute atomic E-state index is 0.0970. The summed E-state index contributed by atoms with van der Waals surface area (Å²) in [6, 6.07) is 7.09. The molecule has 1 heterocycles. The molecule has 0 amide bonds. The van der Waals surface area contributed by atoms with Crippen LogP contribution in [0.1, 0.15) is 31.2 Å². The van der Waals surface area contributed by atoms with Crippen LogP contribution in [0.15, 0.2) is 18.2 Å². The first-order valence-corrected chi connectivity index (χ1v) is 6.84. The van der Waals surface area contributed by atoms with Gasteiger partial charge in [-0.2, -0.15) is 5.26 Å². The molecule has 1 aliphatic rings. The summed E-state index contributed by atoms with van der Waals surface area (Å²) >= 11 is 0. The Morgan fingerprint density at radius 3 is 3.05 bits per heavy atom. The van der Waals surface area contributed by atoms with Crippen molar-refractivity contribution in [3.8, 4) is 6.07 Å². The Morgan fingerprint density at radius 1 is 1.47 bits per heavy atom. The van der Waals surface area contributed by atoms with Crippen LogP contribution in [0.4, 0.5) is 10.1 Å². The number of hydrogen-bond donors (Lipinski definition) is 1. The van der Waals surface area contributed by atoms with E-state index in [4.69, 9.17) is 5.26 Å². The molecule has 1 saturated heterocycles. The van der Waals surface area contributed by atoms with Crippen molar-refractivity contribution >= 4 is 5.69 Å². The van der Waals surface area contributed by atoms with Crippen LogP contribution in [0.25, 0.3) is 0 Å². The molecule has 1 aliphatic heterocycles. The van der Waals surface area contributed by atoms with Gasteiger partial charge in [-0.3, -0.25) is 0 Å². The lowest BCUT2D eigenvalue weighted by Gasteiger charge is -2.32. The van der Waals surface area contributed by atoms with Gasteiger partial charge in [0, 0.05) is 18.3 Å². The first-order valence-electron chi connectivity index (χ1n) is 6.84. The number of nitrogens with zero attached hydrogens (tertiary/aromatic N) is 2. The molecule has 3 nitrogen and oxygen atoms in total. The lowest BCUT2D eigenvalue weighted by molar-refractivity contribution is 0.179. The molecule has 1 aromatic carbocycles. The number of anilines is 1. The molecular formula is C15H20FN3. The standard InChI is InChI=1S/C15H20FN3/c1-19-9-3-2-4-14(19)7-8-18-13-5-6-15(16)12(10-13)11-17/h5-6,10,14,18H,2-4,7-9H2,1H3. The molecule has 1 fully saturated rings. The quantitative estimate of drug-likeness (QED) is 0.905. The van der Waals surface area contributed by atoms with E-state index in [1.807, 2.05) is 6.07 Å². The van der Waals surface area contributed by atoms with Gasteiger partial charge >= 0.3 is 0 Å². The van der Waals surface area contributed by atoms with Gasteiger partial charge in [0.25, 0.3) is 0 Å². The molecule has 0 spiro atoms. The fourth-order valence-corrected chi connectivity index (χ4v) is 2.61. The molecule has 102 valence electrons. The summed E-state index contributed by atoms with van der Waals surface area (Å²) in [6.45, 7) is 2.03. The molecule has 2 rings (SSSR count). The molecular weight excluding hydrogens is 241 g/mol. The SMILES string of the molecule is CN1CCCCC1CCNc1ccc(F)c(C#N)c1. The van der Waals surface area contributed by atoms with E-state index < -0.39 is 5.82 Å². The fraction of sp³-hybridized carbons (Fsp3) is 0.533. The monoisotopic (exact) mass is 261 g/mol. The van der Waals surface area contributed by atoms with Crippen LogP contribution in [0.2, 0.25) is 0 Å². The number of piperidine rings is 1. The van der Waals surface area contributed by atoms with Crippen molar-refractivity contribution in [2.24, 2.45) is 0 Å². The van der Waals surface area contributed by atoms with Gasteiger partial charge in [-0.15, -0.1) is 0 Å². The molecule has 1 atom stereocenters. The van der Waals surface area contributed by atoms with Crippen LogP contribution in [0.5, 0.6) is 0 Å². The Morgan fingerprint density at radius 2 is 2.32 bits per heavy atom. The summed E-state index contributed by atoms with van der Waals surface area (Å²) in [5, 5.41) is 12.1. The highest BCUT2D eigenvalue weighted by Gasteiger charge is 2.17. The van der Waals surface area contributed by atoms with Crippen molar-refractivity contribution in [1.29, 1.82) is 5.26 Å². The highest BCUT2D eigenvalue weighted by atomic mass is 19.1.